The molecule has 1 aliphatic heterocycles. The van der Waals surface area contributed by atoms with Crippen LogP contribution in [0.25, 0.3) is 0 Å². The first-order valence-corrected chi connectivity index (χ1v) is 7.56. The van der Waals surface area contributed by atoms with E-state index in [0.29, 0.717) is 17.1 Å². The molecule has 1 fully saturated rings. The fourth-order valence-corrected chi connectivity index (χ4v) is 3.11. The van der Waals surface area contributed by atoms with Gasteiger partial charge in [-0.05, 0) is 30.0 Å². The lowest BCUT2D eigenvalue weighted by atomic mass is 9.83. The molecule has 2 nitrogen and oxygen atoms in total. The van der Waals surface area contributed by atoms with Crippen LogP contribution in [0, 0.1) is 11.2 Å². The molecule has 0 radical (unpaired) electrons. The Kier molecular flexibility index (Phi) is 4.73. The third kappa shape index (κ3) is 3.72. The quantitative estimate of drug-likeness (QED) is 0.896. The van der Waals surface area contributed by atoms with E-state index in [1.165, 1.54) is 12.1 Å². The van der Waals surface area contributed by atoms with Gasteiger partial charge in [0.05, 0.1) is 0 Å². The average Bonchev–Trinajstić information content (AvgIpc) is 2.31. The molecule has 2 rings (SSSR count). The first-order chi connectivity index (χ1) is 9.27. The summed E-state index contributed by atoms with van der Waals surface area (Å²) in [4.78, 5) is 2.46. The molecule has 1 aliphatic rings. The van der Waals surface area contributed by atoms with Gasteiger partial charge in [-0.25, -0.2) is 4.39 Å². The van der Waals surface area contributed by atoms with Gasteiger partial charge in [-0.2, -0.15) is 0 Å². The van der Waals surface area contributed by atoms with Gasteiger partial charge < -0.3 is 5.32 Å². The number of rotatable bonds is 2. The van der Waals surface area contributed by atoms with Crippen LogP contribution in [0.2, 0.25) is 5.02 Å². The Bertz CT molecular complexity index is 470. The maximum absolute atomic E-state index is 13.1. The van der Waals surface area contributed by atoms with Crippen molar-refractivity contribution in [1.82, 2.24) is 10.2 Å². The van der Waals surface area contributed by atoms with Gasteiger partial charge in [-0.1, -0.05) is 38.4 Å². The van der Waals surface area contributed by atoms with Gasteiger partial charge >= 0.3 is 0 Å². The zero-order valence-electron chi connectivity index (χ0n) is 12.7. The highest BCUT2D eigenvalue weighted by Gasteiger charge is 2.34. The van der Waals surface area contributed by atoms with Crippen LogP contribution in [0.15, 0.2) is 18.2 Å². The highest BCUT2D eigenvalue weighted by atomic mass is 35.5. The average molecular weight is 299 g/mol. The molecule has 0 spiro atoms. The van der Waals surface area contributed by atoms with Crippen LogP contribution in [0.3, 0.4) is 0 Å². The Balaban J connectivity index is 2.19. The molecule has 20 heavy (non-hydrogen) atoms. The Morgan fingerprint density at radius 3 is 2.70 bits per heavy atom. The van der Waals surface area contributed by atoms with Crippen LogP contribution in [-0.4, -0.2) is 30.1 Å². The molecule has 0 aliphatic carbocycles. The molecular weight excluding hydrogens is 275 g/mol. The van der Waals surface area contributed by atoms with Crippen LogP contribution in [-0.2, 0) is 6.54 Å². The third-order valence-electron chi connectivity index (χ3n) is 4.00. The van der Waals surface area contributed by atoms with Crippen molar-refractivity contribution in [2.75, 3.05) is 13.1 Å². The maximum Gasteiger partial charge on any atom is 0.124 e. The summed E-state index contributed by atoms with van der Waals surface area (Å²) in [7, 11) is 0. The molecule has 0 aromatic heterocycles. The number of hydrogen-bond acceptors (Lipinski definition) is 2. The molecular formula is C16H24ClFN2. The third-order valence-corrected chi connectivity index (χ3v) is 4.35. The molecule has 1 aromatic rings. The predicted molar refractivity (Wildman–Crippen MR) is 82.5 cm³/mol. The van der Waals surface area contributed by atoms with Gasteiger partial charge in [0.25, 0.3) is 0 Å². The van der Waals surface area contributed by atoms with E-state index >= 15 is 0 Å². The fourth-order valence-electron chi connectivity index (χ4n) is 2.88. The van der Waals surface area contributed by atoms with Crippen LogP contribution in [0.1, 0.15) is 33.3 Å². The zero-order chi connectivity index (χ0) is 14.9. The first-order valence-electron chi connectivity index (χ1n) is 7.18. The molecule has 0 bridgehead atoms. The molecule has 0 saturated carbocycles. The van der Waals surface area contributed by atoms with E-state index in [1.54, 1.807) is 6.07 Å². The van der Waals surface area contributed by atoms with Crippen molar-refractivity contribution < 1.29 is 4.39 Å². The van der Waals surface area contributed by atoms with Crippen molar-refractivity contribution in [3.63, 3.8) is 0 Å². The van der Waals surface area contributed by atoms with Gasteiger partial charge in [-0.3, -0.25) is 4.90 Å². The second-order valence-corrected chi connectivity index (χ2v) is 7.26. The molecule has 2 unspecified atom stereocenters. The van der Waals surface area contributed by atoms with Crippen molar-refractivity contribution in [1.29, 1.82) is 0 Å². The minimum atomic E-state index is -0.278. The van der Waals surface area contributed by atoms with E-state index < -0.39 is 0 Å². The van der Waals surface area contributed by atoms with E-state index in [0.717, 1.165) is 25.2 Å². The molecule has 112 valence electrons. The largest absolute Gasteiger partial charge is 0.311 e. The smallest absolute Gasteiger partial charge is 0.124 e. The minimum absolute atomic E-state index is 0.194. The Morgan fingerprint density at radius 2 is 2.10 bits per heavy atom. The van der Waals surface area contributed by atoms with Crippen LogP contribution in [0.5, 0.6) is 0 Å². The number of piperazine rings is 1. The van der Waals surface area contributed by atoms with E-state index in [1.807, 2.05) is 0 Å². The van der Waals surface area contributed by atoms with Crippen molar-refractivity contribution >= 4 is 11.6 Å². The van der Waals surface area contributed by atoms with Gasteiger partial charge in [0.2, 0.25) is 0 Å². The molecule has 1 saturated heterocycles. The highest BCUT2D eigenvalue weighted by Crippen LogP contribution is 2.29. The van der Waals surface area contributed by atoms with Crippen LogP contribution in [0.4, 0.5) is 4.39 Å². The van der Waals surface area contributed by atoms with E-state index in [2.05, 4.69) is 37.9 Å². The summed E-state index contributed by atoms with van der Waals surface area (Å²) in [5.74, 6) is -0.278. The number of halogens is 2. The minimum Gasteiger partial charge on any atom is -0.311 e. The lowest BCUT2D eigenvalue weighted by Crippen LogP contribution is -2.59. The lowest BCUT2D eigenvalue weighted by Gasteiger charge is -2.46. The van der Waals surface area contributed by atoms with Gasteiger partial charge in [-0.15, -0.1) is 0 Å². The molecule has 0 amide bonds. The van der Waals surface area contributed by atoms with Gasteiger partial charge in [0.15, 0.2) is 0 Å². The van der Waals surface area contributed by atoms with Crippen molar-refractivity contribution in [3.05, 3.63) is 34.6 Å². The summed E-state index contributed by atoms with van der Waals surface area (Å²) in [6.45, 7) is 11.7. The van der Waals surface area contributed by atoms with Crippen LogP contribution < -0.4 is 5.32 Å². The predicted octanol–water partition coefficient (Wildman–Crippen LogP) is 3.69. The van der Waals surface area contributed by atoms with E-state index in [4.69, 9.17) is 11.6 Å². The fraction of sp³-hybridized carbons (Fsp3) is 0.625. The van der Waals surface area contributed by atoms with E-state index in [-0.39, 0.29) is 11.2 Å². The lowest BCUT2D eigenvalue weighted by molar-refractivity contribution is 0.0526. The number of hydrogen-bond donors (Lipinski definition) is 1. The molecule has 1 N–H and O–H groups in total. The maximum atomic E-state index is 13.1. The highest BCUT2D eigenvalue weighted by molar-refractivity contribution is 6.31. The Hall–Kier alpha value is -0.640. The second-order valence-electron chi connectivity index (χ2n) is 6.86. The standard InChI is InChI=1S/C16H24ClFN2/c1-11-9-20(15(8-19-11)16(2,3)4)10-12-5-6-13(18)7-14(12)17/h5-7,11,15,19H,8-10H2,1-4H3. The van der Waals surface area contributed by atoms with Gasteiger partial charge in [0.1, 0.15) is 5.82 Å². The topological polar surface area (TPSA) is 15.3 Å². The summed E-state index contributed by atoms with van der Waals surface area (Å²) < 4.78 is 13.1. The van der Waals surface area contributed by atoms with Crippen molar-refractivity contribution in [2.45, 2.75) is 46.3 Å². The summed E-state index contributed by atoms with van der Waals surface area (Å²) in [6.07, 6.45) is 0. The molecule has 1 heterocycles. The van der Waals surface area contributed by atoms with Crippen molar-refractivity contribution in [2.24, 2.45) is 5.41 Å². The van der Waals surface area contributed by atoms with Crippen LogP contribution >= 0.6 is 11.6 Å². The zero-order valence-corrected chi connectivity index (χ0v) is 13.5. The second kappa shape index (κ2) is 6.00. The number of nitrogens with one attached hydrogen (secondary N) is 1. The summed E-state index contributed by atoms with van der Waals surface area (Å²) in [6, 6.07) is 5.59. The number of benzene rings is 1. The molecule has 4 heteroatoms. The van der Waals surface area contributed by atoms with Gasteiger partial charge in [0, 0.05) is 36.7 Å². The number of nitrogens with zero attached hydrogens (tertiary/aromatic N) is 1. The Labute approximate surface area is 126 Å². The summed E-state index contributed by atoms with van der Waals surface area (Å²) in [5, 5.41) is 4.06. The van der Waals surface area contributed by atoms with E-state index in [9.17, 15) is 4.39 Å². The monoisotopic (exact) mass is 298 g/mol. The normalized spacial score (nSPS) is 24.9. The first kappa shape index (κ1) is 15.7. The molecule has 1 aromatic carbocycles. The summed E-state index contributed by atoms with van der Waals surface area (Å²) >= 11 is 6.16. The van der Waals surface area contributed by atoms with Crippen molar-refractivity contribution in [3.8, 4) is 0 Å². The summed E-state index contributed by atoms with van der Waals surface area (Å²) in [5.41, 5.74) is 1.19. The SMILES string of the molecule is CC1CN(Cc2ccc(F)cc2Cl)C(C(C)(C)C)CN1. The Morgan fingerprint density at radius 1 is 1.40 bits per heavy atom. The molecule has 2 atom stereocenters.